The number of nitrogens with one attached hydrogen (secondary N) is 2. The Morgan fingerprint density at radius 2 is 1.86 bits per heavy atom. The molecule has 6 heteroatoms. The maximum atomic E-state index is 12.3. The van der Waals surface area contributed by atoms with Crippen molar-refractivity contribution in [3.63, 3.8) is 0 Å². The van der Waals surface area contributed by atoms with E-state index in [2.05, 4.69) is 10.6 Å². The van der Waals surface area contributed by atoms with Crippen LogP contribution in [-0.2, 0) is 9.53 Å². The minimum atomic E-state index is -0.111. The molecule has 1 fully saturated rings. The molecule has 0 spiro atoms. The van der Waals surface area contributed by atoms with Gasteiger partial charge in [0, 0.05) is 36.8 Å². The van der Waals surface area contributed by atoms with Crippen molar-refractivity contribution in [2.45, 2.75) is 6.92 Å². The van der Waals surface area contributed by atoms with Crippen molar-refractivity contribution in [3.05, 3.63) is 29.8 Å². The van der Waals surface area contributed by atoms with Crippen LogP contribution in [0.25, 0.3) is 0 Å². The lowest BCUT2D eigenvalue weighted by molar-refractivity contribution is -0.119. The van der Waals surface area contributed by atoms with Gasteiger partial charge in [0.2, 0.25) is 5.91 Å². The summed E-state index contributed by atoms with van der Waals surface area (Å²) < 4.78 is 5.24. The van der Waals surface area contributed by atoms with Crippen LogP contribution in [0.1, 0.15) is 17.3 Å². The summed E-state index contributed by atoms with van der Waals surface area (Å²) in [5, 5.41) is 5.82. The number of rotatable bonds is 5. The Morgan fingerprint density at radius 3 is 2.45 bits per heavy atom. The monoisotopic (exact) mass is 305 g/mol. The first-order valence-corrected chi connectivity index (χ1v) is 7.54. The number of carbonyl (C=O) groups excluding carboxylic acids is 2. The second-order valence-electron chi connectivity index (χ2n) is 5.43. The molecule has 120 valence electrons. The van der Waals surface area contributed by atoms with Crippen molar-refractivity contribution in [1.82, 2.24) is 10.2 Å². The van der Waals surface area contributed by atoms with Gasteiger partial charge in [-0.1, -0.05) is 6.92 Å². The molecule has 1 heterocycles. The number of carbonyl (C=O) groups is 2. The third-order valence-electron chi connectivity index (χ3n) is 3.66. The average molecular weight is 305 g/mol. The molecule has 2 rings (SSSR count). The van der Waals surface area contributed by atoms with E-state index in [1.807, 2.05) is 14.0 Å². The highest BCUT2D eigenvalue weighted by molar-refractivity contribution is 5.96. The van der Waals surface area contributed by atoms with Gasteiger partial charge in [-0.2, -0.15) is 0 Å². The highest BCUT2D eigenvalue weighted by atomic mass is 16.5. The molecule has 1 aliphatic heterocycles. The number of hydrogen-bond acceptors (Lipinski definition) is 4. The standard InChI is InChI=1S/C16H23N3O3/c1-12(11-17-2)15(20)18-14-5-3-13(4-6-14)16(21)19-7-9-22-10-8-19/h3-6,12,17H,7-11H2,1-2H3,(H,18,20). The molecule has 0 aliphatic carbocycles. The van der Waals surface area contributed by atoms with E-state index < -0.39 is 0 Å². The smallest absolute Gasteiger partial charge is 0.254 e. The zero-order valence-corrected chi connectivity index (χ0v) is 13.1. The molecule has 1 saturated heterocycles. The highest BCUT2D eigenvalue weighted by Crippen LogP contribution is 2.13. The summed E-state index contributed by atoms with van der Waals surface area (Å²) in [5.41, 5.74) is 1.33. The van der Waals surface area contributed by atoms with Crippen molar-refractivity contribution in [3.8, 4) is 0 Å². The van der Waals surface area contributed by atoms with Gasteiger partial charge in [0.05, 0.1) is 13.2 Å². The lowest BCUT2D eigenvalue weighted by Crippen LogP contribution is -2.40. The molecule has 1 unspecified atom stereocenters. The van der Waals surface area contributed by atoms with Gasteiger partial charge in [0.15, 0.2) is 0 Å². The molecule has 1 aromatic rings. The number of benzene rings is 1. The van der Waals surface area contributed by atoms with Crippen molar-refractivity contribution >= 4 is 17.5 Å². The SMILES string of the molecule is CNCC(C)C(=O)Nc1ccc(C(=O)N2CCOCC2)cc1. The van der Waals surface area contributed by atoms with E-state index in [1.165, 1.54) is 0 Å². The Kier molecular flexibility index (Phi) is 5.91. The van der Waals surface area contributed by atoms with Crippen LogP contribution in [0.2, 0.25) is 0 Å². The fraction of sp³-hybridized carbons (Fsp3) is 0.500. The molecular formula is C16H23N3O3. The summed E-state index contributed by atoms with van der Waals surface area (Å²) in [5.74, 6) is -0.147. The minimum Gasteiger partial charge on any atom is -0.378 e. The molecule has 2 amide bonds. The Morgan fingerprint density at radius 1 is 1.23 bits per heavy atom. The molecular weight excluding hydrogens is 282 g/mol. The summed E-state index contributed by atoms with van der Waals surface area (Å²) >= 11 is 0. The first-order valence-electron chi connectivity index (χ1n) is 7.54. The Labute approximate surface area is 130 Å². The number of morpholine rings is 1. The van der Waals surface area contributed by atoms with Crippen molar-refractivity contribution in [2.75, 3.05) is 45.2 Å². The second kappa shape index (κ2) is 7.91. The van der Waals surface area contributed by atoms with Crippen LogP contribution in [0.5, 0.6) is 0 Å². The number of amides is 2. The summed E-state index contributed by atoms with van der Waals surface area (Å²) in [6, 6.07) is 7.02. The lowest BCUT2D eigenvalue weighted by Gasteiger charge is -2.26. The van der Waals surface area contributed by atoms with Crippen LogP contribution in [-0.4, -0.2) is 56.6 Å². The van der Waals surface area contributed by atoms with Crippen LogP contribution in [0, 0.1) is 5.92 Å². The van der Waals surface area contributed by atoms with Crippen LogP contribution in [0.3, 0.4) is 0 Å². The molecule has 0 bridgehead atoms. The first kappa shape index (κ1) is 16.5. The zero-order chi connectivity index (χ0) is 15.9. The molecule has 2 N–H and O–H groups in total. The molecule has 1 atom stereocenters. The van der Waals surface area contributed by atoms with E-state index in [0.717, 1.165) is 0 Å². The normalized spacial score (nSPS) is 16.2. The number of nitrogens with zero attached hydrogens (tertiary/aromatic N) is 1. The Bertz CT molecular complexity index is 510. The van der Waals surface area contributed by atoms with Gasteiger partial charge in [0.25, 0.3) is 5.91 Å². The van der Waals surface area contributed by atoms with Gasteiger partial charge in [-0.3, -0.25) is 9.59 Å². The summed E-state index contributed by atoms with van der Waals surface area (Å²) in [4.78, 5) is 26.0. The van der Waals surface area contributed by atoms with Crippen LogP contribution < -0.4 is 10.6 Å². The maximum absolute atomic E-state index is 12.3. The van der Waals surface area contributed by atoms with Gasteiger partial charge >= 0.3 is 0 Å². The Hall–Kier alpha value is -1.92. The van der Waals surface area contributed by atoms with Crippen LogP contribution in [0.4, 0.5) is 5.69 Å². The van der Waals surface area contributed by atoms with Gasteiger partial charge < -0.3 is 20.3 Å². The van der Waals surface area contributed by atoms with E-state index in [9.17, 15) is 9.59 Å². The van der Waals surface area contributed by atoms with E-state index in [0.29, 0.717) is 44.1 Å². The van der Waals surface area contributed by atoms with Gasteiger partial charge in [0.1, 0.15) is 0 Å². The molecule has 0 radical (unpaired) electrons. The van der Waals surface area contributed by atoms with Crippen molar-refractivity contribution < 1.29 is 14.3 Å². The topological polar surface area (TPSA) is 70.7 Å². The molecule has 0 aromatic heterocycles. The third kappa shape index (κ3) is 4.29. The lowest BCUT2D eigenvalue weighted by atomic mass is 10.1. The summed E-state index contributed by atoms with van der Waals surface area (Å²) in [7, 11) is 1.82. The van der Waals surface area contributed by atoms with E-state index in [1.54, 1.807) is 29.2 Å². The fourth-order valence-electron chi connectivity index (χ4n) is 2.31. The molecule has 22 heavy (non-hydrogen) atoms. The molecule has 0 saturated carbocycles. The number of ether oxygens (including phenoxy) is 1. The number of anilines is 1. The number of hydrogen-bond donors (Lipinski definition) is 2. The summed E-state index contributed by atoms with van der Waals surface area (Å²) in [6.07, 6.45) is 0. The van der Waals surface area contributed by atoms with E-state index in [4.69, 9.17) is 4.74 Å². The fourth-order valence-corrected chi connectivity index (χ4v) is 2.31. The largest absolute Gasteiger partial charge is 0.378 e. The zero-order valence-electron chi connectivity index (χ0n) is 13.1. The van der Waals surface area contributed by atoms with Crippen LogP contribution >= 0.6 is 0 Å². The van der Waals surface area contributed by atoms with Gasteiger partial charge in [-0.25, -0.2) is 0 Å². The van der Waals surface area contributed by atoms with Crippen LogP contribution in [0.15, 0.2) is 24.3 Å². The molecule has 1 aliphatic rings. The van der Waals surface area contributed by atoms with Crippen molar-refractivity contribution in [1.29, 1.82) is 0 Å². The van der Waals surface area contributed by atoms with E-state index >= 15 is 0 Å². The van der Waals surface area contributed by atoms with Gasteiger partial charge in [-0.05, 0) is 31.3 Å². The minimum absolute atomic E-state index is 0.00438. The third-order valence-corrected chi connectivity index (χ3v) is 3.66. The average Bonchev–Trinajstić information content (AvgIpc) is 2.56. The predicted octanol–water partition coefficient (Wildman–Crippen LogP) is 0.953. The van der Waals surface area contributed by atoms with Gasteiger partial charge in [-0.15, -0.1) is 0 Å². The highest BCUT2D eigenvalue weighted by Gasteiger charge is 2.18. The first-order chi connectivity index (χ1) is 10.6. The second-order valence-corrected chi connectivity index (χ2v) is 5.43. The van der Waals surface area contributed by atoms with Crippen molar-refractivity contribution in [2.24, 2.45) is 5.92 Å². The predicted molar refractivity (Wildman–Crippen MR) is 84.9 cm³/mol. The molecule has 1 aromatic carbocycles. The summed E-state index contributed by atoms with van der Waals surface area (Å²) in [6.45, 7) is 4.91. The Balaban J connectivity index is 1.95. The van der Waals surface area contributed by atoms with E-state index in [-0.39, 0.29) is 17.7 Å². The quantitative estimate of drug-likeness (QED) is 0.850. The maximum Gasteiger partial charge on any atom is 0.254 e. The molecule has 6 nitrogen and oxygen atoms in total.